The summed E-state index contributed by atoms with van der Waals surface area (Å²) in [4.78, 5) is 12.5. The summed E-state index contributed by atoms with van der Waals surface area (Å²) in [5.41, 5.74) is 0.346. The maximum atomic E-state index is 12.5. The fraction of sp³-hybridized carbons (Fsp3) is 0.222. The van der Waals surface area contributed by atoms with Crippen molar-refractivity contribution in [3.05, 3.63) is 72.4 Å². The Morgan fingerprint density at radius 2 is 1.96 bits per heavy atom. The third-order valence-corrected chi connectivity index (χ3v) is 5.49. The number of sulfone groups is 1. The van der Waals surface area contributed by atoms with E-state index in [1.54, 1.807) is 29.1 Å². The predicted molar refractivity (Wildman–Crippen MR) is 95.2 cm³/mol. The summed E-state index contributed by atoms with van der Waals surface area (Å²) in [6.07, 6.45) is 5.57. The Balaban J connectivity index is 1.60. The zero-order valence-corrected chi connectivity index (χ0v) is 14.9. The third-order valence-electron chi connectivity index (χ3n) is 3.81. The van der Waals surface area contributed by atoms with Crippen LogP contribution in [0.25, 0.3) is 0 Å². The number of rotatable bonds is 8. The van der Waals surface area contributed by atoms with E-state index in [0.29, 0.717) is 25.1 Å². The van der Waals surface area contributed by atoms with E-state index in [2.05, 4.69) is 10.4 Å². The average Bonchev–Trinajstić information content (AvgIpc) is 3.31. The summed E-state index contributed by atoms with van der Waals surface area (Å²) in [6.45, 7) is 1.12. The maximum Gasteiger partial charge on any atom is 0.287 e. The number of nitrogens with zero attached hydrogens (tertiary/aromatic N) is 2. The average molecular weight is 373 g/mol. The Kier molecular flexibility index (Phi) is 5.52. The number of aromatic nitrogens is 2. The molecule has 0 aliphatic carbocycles. The fourth-order valence-corrected chi connectivity index (χ4v) is 3.90. The SMILES string of the molecule is O=C(NCCCn1cccn1)c1occc1CS(=O)(=O)c1ccccc1. The lowest BCUT2D eigenvalue weighted by atomic mass is 10.2. The van der Waals surface area contributed by atoms with E-state index in [1.807, 2.05) is 12.3 Å². The standard InChI is InChI=1S/C18H19N3O4S/c22-18(19-9-4-11-21-12-5-10-20-21)17-15(8-13-25-17)14-26(23,24)16-6-2-1-3-7-16/h1-3,5-8,10,12-13H,4,9,11,14H2,(H,19,22). The molecule has 0 unspecified atom stereocenters. The highest BCUT2D eigenvalue weighted by Crippen LogP contribution is 2.19. The van der Waals surface area contributed by atoms with Gasteiger partial charge in [-0.05, 0) is 30.7 Å². The molecule has 136 valence electrons. The molecule has 0 saturated carbocycles. The third kappa shape index (κ3) is 4.40. The zero-order valence-electron chi connectivity index (χ0n) is 14.0. The van der Waals surface area contributed by atoms with Gasteiger partial charge in [0.15, 0.2) is 15.6 Å². The minimum atomic E-state index is -3.55. The first-order valence-corrected chi connectivity index (χ1v) is 9.81. The first kappa shape index (κ1) is 17.9. The summed E-state index contributed by atoms with van der Waals surface area (Å²) in [5.74, 6) is -0.680. The Labute approximate surface area is 151 Å². The van der Waals surface area contributed by atoms with Crippen LogP contribution in [0.3, 0.4) is 0 Å². The number of carbonyl (C=O) groups excluding carboxylic acids is 1. The summed E-state index contributed by atoms with van der Waals surface area (Å²) in [5, 5.41) is 6.83. The van der Waals surface area contributed by atoms with Gasteiger partial charge >= 0.3 is 0 Å². The first-order chi connectivity index (χ1) is 12.6. The molecule has 3 rings (SSSR count). The van der Waals surface area contributed by atoms with Gasteiger partial charge < -0.3 is 9.73 Å². The molecule has 0 atom stereocenters. The Morgan fingerprint density at radius 1 is 1.15 bits per heavy atom. The Bertz CT molecular complexity index is 948. The molecule has 8 heteroatoms. The predicted octanol–water partition coefficient (Wildman–Crippen LogP) is 2.27. The van der Waals surface area contributed by atoms with E-state index in [9.17, 15) is 13.2 Å². The van der Waals surface area contributed by atoms with E-state index < -0.39 is 15.7 Å². The summed E-state index contributed by atoms with van der Waals surface area (Å²) >= 11 is 0. The topological polar surface area (TPSA) is 94.2 Å². The molecule has 0 aliphatic rings. The largest absolute Gasteiger partial charge is 0.459 e. The molecule has 0 radical (unpaired) electrons. The lowest BCUT2D eigenvalue weighted by Gasteiger charge is -2.07. The molecule has 2 heterocycles. The van der Waals surface area contributed by atoms with Crippen molar-refractivity contribution < 1.29 is 17.6 Å². The molecule has 26 heavy (non-hydrogen) atoms. The molecule has 0 aliphatic heterocycles. The molecule has 3 aromatic rings. The number of hydrogen-bond donors (Lipinski definition) is 1. The molecule has 1 amide bonds. The normalized spacial score (nSPS) is 11.4. The van der Waals surface area contributed by atoms with Crippen molar-refractivity contribution in [3.8, 4) is 0 Å². The number of furan rings is 1. The van der Waals surface area contributed by atoms with Crippen molar-refractivity contribution in [1.29, 1.82) is 0 Å². The van der Waals surface area contributed by atoms with Gasteiger partial charge in [0, 0.05) is 31.0 Å². The number of benzene rings is 1. The van der Waals surface area contributed by atoms with Gasteiger partial charge in [0.05, 0.1) is 16.9 Å². The Morgan fingerprint density at radius 3 is 2.69 bits per heavy atom. The van der Waals surface area contributed by atoms with E-state index in [-0.39, 0.29) is 16.4 Å². The summed E-state index contributed by atoms with van der Waals surface area (Å²) < 4.78 is 32.0. The van der Waals surface area contributed by atoms with Gasteiger partial charge in [-0.25, -0.2) is 8.42 Å². The highest BCUT2D eigenvalue weighted by atomic mass is 32.2. The second-order valence-electron chi connectivity index (χ2n) is 5.73. The van der Waals surface area contributed by atoms with Crippen LogP contribution >= 0.6 is 0 Å². The van der Waals surface area contributed by atoms with E-state index >= 15 is 0 Å². The molecule has 7 nitrogen and oxygen atoms in total. The van der Waals surface area contributed by atoms with Crippen molar-refractivity contribution in [2.24, 2.45) is 0 Å². The van der Waals surface area contributed by atoms with Crippen LogP contribution < -0.4 is 5.32 Å². The summed E-state index contributed by atoms with van der Waals surface area (Å²) in [7, 11) is -3.55. The molecule has 1 N–H and O–H groups in total. The van der Waals surface area contributed by atoms with Crippen LogP contribution in [0.1, 0.15) is 22.5 Å². The van der Waals surface area contributed by atoms with Crippen LogP contribution in [0.2, 0.25) is 0 Å². The molecule has 1 aromatic carbocycles. The van der Waals surface area contributed by atoms with E-state index in [0.717, 1.165) is 0 Å². The number of nitrogens with one attached hydrogen (secondary N) is 1. The quantitative estimate of drug-likeness (QED) is 0.611. The lowest BCUT2D eigenvalue weighted by Crippen LogP contribution is -2.26. The molecule has 2 aromatic heterocycles. The van der Waals surface area contributed by atoms with Crippen LogP contribution in [0.15, 0.2) is 70.4 Å². The van der Waals surface area contributed by atoms with Crippen molar-refractivity contribution in [2.75, 3.05) is 6.54 Å². The minimum absolute atomic E-state index is 0.0311. The van der Waals surface area contributed by atoms with Crippen LogP contribution in [-0.2, 0) is 22.1 Å². The Hall–Kier alpha value is -2.87. The number of amides is 1. The van der Waals surface area contributed by atoms with Crippen molar-refractivity contribution in [1.82, 2.24) is 15.1 Å². The fourth-order valence-electron chi connectivity index (χ4n) is 2.52. The second kappa shape index (κ2) is 8.01. The van der Waals surface area contributed by atoms with Gasteiger partial charge in [-0.2, -0.15) is 5.10 Å². The summed E-state index contributed by atoms with van der Waals surface area (Å²) in [6, 6.07) is 11.5. The van der Waals surface area contributed by atoms with Gasteiger partial charge in [-0.1, -0.05) is 18.2 Å². The van der Waals surface area contributed by atoms with Crippen LogP contribution in [0.5, 0.6) is 0 Å². The van der Waals surface area contributed by atoms with Gasteiger partial charge in [0.2, 0.25) is 0 Å². The van der Waals surface area contributed by atoms with Crippen LogP contribution in [-0.4, -0.2) is 30.7 Å². The van der Waals surface area contributed by atoms with Crippen molar-refractivity contribution in [2.45, 2.75) is 23.6 Å². The van der Waals surface area contributed by atoms with E-state index in [1.165, 1.54) is 24.5 Å². The minimum Gasteiger partial charge on any atom is -0.459 e. The van der Waals surface area contributed by atoms with Gasteiger partial charge in [0.1, 0.15) is 0 Å². The molecule has 0 spiro atoms. The lowest BCUT2D eigenvalue weighted by molar-refractivity contribution is 0.0924. The number of hydrogen-bond acceptors (Lipinski definition) is 5. The molecule has 0 bridgehead atoms. The van der Waals surface area contributed by atoms with Crippen molar-refractivity contribution >= 4 is 15.7 Å². The first-order valence-electron chi connectivity index (χ1n) is 8.16. The van der Waals surface area contributed by atoms with Crippen LogP contribution in [0, 0.1) is 0 Å². The number of aryl methyl sites for hydroxylation is 1. The zero-order chi connectivity index (χ0) is 18.4. The smallest absolute Gasteiger partial charge is 0.287 e. The van der Waals surface area contributed by atoms with E-state index in [4.69, 9.17) is 4.42 Å². The number of carbonyl (C=O) groups is 1. The molecule has 0 fully saturated rings. The van der Waals surface area contributed by atoms with Crippen LogP contribution in [0.4, 0.5) is 0 Å². The van der Waals surface area contributed by atoms with Gasteiger partial charge in [0.25, 0.3) is 5.91 Å². The van der Waals surface area contributed by atoms with Gasteiger partial charge in [-0.15, -0.1) is 0 Å². The maximum absolute atomic E-state index is 12.5. The molecule has 0 saturated heterocycles. The molecular formula is C18H19N3O4S. The second-order valence-corrected chi connectivity index (χ2v) is 7.72. The molecular weight excluding hydrogens is 354 g/mol. The van der Waals surface area contributed by atoms with Gasteiger partial charge in [-0.3, -0.25) is 9.48 Å². The highest BCUT2D eigenvalue weighted by Gasteiger charge is 2.22. The monoisotopic (exact) mass is 373 g/mol. The highest BCUT2D eigenvalue weighted by molar-refractivity contribution is 7.90. The van der Waals surface area contributed by atoms with Crippen molar-refractivity contribution in [3.63, 3.8) is 0 Å².